The number of hydrogen-bond acceptors (Lipinski definition) is 3. The van der Waals surface area contributed by atoms with Crippen LogP contribution in [0.15, 0.2) is 42.5 Å². The summed E-state index contributed by atoms with van der Waals surface area (Å²) in [5, 5.41) is 0. The van der Waals surface area contributed by atoms with Crippen LogP contribution in [0.2, 0.25) is 0 Å². The van der Waals surface area contributed by atoms with Crippen molar-refractivity contribution in [1.29, 1.82) is 0 Å². The molecule has 20 heavy (non-hydrogen) atoms. The molecule has 0 fully saturated rings. The Hall–Kier alpha value is -1.68. The van der Waals surface area contributed by atoms with E-state index in [-0.39, 0.29) is 24.3 Å². The molecular formula is C16H13BrO3. The van der Waals surface area contributed by atoms with Crippen LogP contribution in [0.1, 0.15) is 22.8 Å². The molecule has 0 N–H and O–H groups in total. The molecule has 2 unspecified atom stereocenters. The van der Waals surface area contributed by atoms with Crippen LogP contribution < -0.4 is 0 Å². The Bertz CT molecular complexity index is 659. The predicted octanol–water partition coefficient (Wildman–Crippen LogP) is 3.15. The second-order valence-electron chi connectivity index (χ2n) is 5.05. The molecule has 2 aliphatic carbocycles. The standard InChI is InChI=1S/C16H13BrO3/c1-10(18)20-9-16(17)7-6-13-14(8-16)11-4-2-3-5-12(11)15(13)19/h2-8,13H,9H2,1H3. The van der Waals surface area contributed by atoms with Gasteiger partial charge in [0.1, 0.15) is 6.61 Å². The van der Waals surface area contributed by atoms with E-state index in [1.165, 1.54) is 6.92 Å². The third-order valence-electron chi connectivity index (χ3n) is 3.58. The lowest BCUT2D eigenvalue weighted by Gasteiger charge is -2.25. The number of halogens is 1. The van der Waals surface area contributed by atoms with Crippen molar-refractivity contribution in [3.63, 3.8) is 0 Å². The minimum atomic E-state index is -0.539. The third-order valence-corrected chi connectivity index (χ3v) is 4.30. The maximum atomic E-state index is 12.3. The molecule has 3 rings (SSSR count). The fraction of sp³-hybridized carbons (Fsp3) is 0.250. The van der Waals surface area contributed by atoms with Crippen LogP contribution in [0.5, 0.6) is 0 Å². The molecule has 0 radical (unpaired) electrons. The molecule has 0 saturated carbocycles. The van der Waals surface area contributed by atoms with Gasteiger partial charge in [-0.25, -0.2) is 0 Å². The summed E-state index contributed by atoms with van der Waals surface area (Å²) >= 11 is 3.58. The van der Waals surface area contributed by atoms with Gasteiger partial charge in [0.2, 0.25) is 0 Å². The second kappa shape index (κ2) is 4.70. The molecule has 3 nitrogen and oxygen atoms in total. The zero-order valence-electron chi connectivity index (χ0n) is 10.9. The van der Waals surface area contributed by atoms with E-state index >= 15 is 0 Å². The average Bonchev–Trinajstić information content (AvgIpc) is 2.70. The molecule has 0 amide bonds. The first kappa shape index (κ1) is 13.3. The number of hydrogen-bond donors (Lipinski definition) is 0. The Balaban J connectivity index is 1.99. The van der Waals surface area contributed by atoms with E-state index in [4.69, 9.17) is 4.74 Å². The van der Waals surface area contributed by atoms with Gasteiger partial charge in [-0.1, -0.05) is 58.4 Å². The molecule has 0 aliphatic heterocycles. The minimum absolute atomic E-state index is 0.130. The molecule has 102 valence electrons. The number of ether oxygens (including phenoxy) is 1. The topological polar surface area (TPSA) is 43.4 Å². The van der Waals surface area contributed by atoms with Crippen LogP contribution in [0.3, 0.4) is 0 Å². The fourth-order valence-corrected chi connectivity index (χ4v) is 3.16. The Kier molecular flexibility index (Phi) is 3.13. The summed E-state index contributed by atoms with van der Waals surface area (Å²) < 4.78 is 4.54. The third kappa shape index (κ3) is 2.14. The largest absolute Gasteiger partial charge is 0.464 e. The maximum absolute atomic E-state index is 12.3. The fourth-order valence-electron chi connectivity index (χ4n) is 2.65. The summed E-state index contributed by atoms with van der Waals surface area (Å²) in [6, 6.07) is 7.61. The summed E-state index contributed by atoms with van der Waals surface area (Å²) in [5.41, 5.74) is 2.72. The molecule has 0 bridgehead atoms. The van der Waals surface area contributed by atoms with Gasteiger partial charge >= 0.3 is 5.97 Å². The minimum Gasteiger partial charge on any atom is -0.464 e. The highest BCUT2D eigenvalue weighted by Gasteiger charge is 2.38. The monoisotopic (exact) mass is 332 g/mol. The molecule has 1 aromatic carbocycles. The highest BCUT2D eigenvalue weighted by Crippen LogP contribution is 2.44. The van der Waals surface area contributed by atoms with Crippen molar-refractivity contribution in [1.82, 2.24) is 0 Å². The maximum Gasteiger partial charge on any atom is 0.302 e. The molecule has 0 saturated heterocycles. The first-order valence-corrected chi connectivity index (χ1v) is 7.17. The van der Waals surface area contributed by atoms with Crippen molar-refractivity contribution >= 4 is 33.3 Å². The number of carbonyl (C=O) groups is 2. The summed E-state index contributed by atoms with van der Waals surface area (Å²) in [5.74, 6) is -0.402. The molecule has 1 aromatic rings. The van der Waals surface area contributed by atoms with Gasteiger partial charge in [-0.3, -0.25) is 9.59 Å². The normalized spacial score (nSPS) is 26.8. The molecule has 2 atom stereocenters. The summed E-state index contributed by atoms with van der Waals surface area (Å²) in [4.78, 5) is 23.3. The van der Waals surface area contributed by atoms with Crippen molar-refractivity contribution in [2.45, 2.75) is 11.2 Å². The smallest absolute Gasteiger partial charge is 0.302 e. The highest BCUT2D eigenvalue weighted by atomic mass is 79.9. The number of fused-ring (bicyclic) bond motifs is 3. The van der Waals surface area contributed by atoms with Crippen molar-refractivity contribution in [2.75, 3.05) is 6.61 Å². The Labute approximate surface area is 125 Å². The zero-order valence-corrected chi connectivity index (χ0v) is 12.5. The Morgan fingerprint density at radius 1 is 1.35 bits per heavy atom. The van der Waals surface area contributed by atoms with E-state index < -0.39 is 4.32 Å². The first-order chi connectivity index (χ1) is 9.50. The summed E-state index contributed by atoms with van der Waals surface area (Å²) in [6.07, 6.45) is 5.74. The number of rotatable bonds is 2. The molecular weight excluding hydrogens is 320 g/mol. The predicted molar refractivity (Wildman–Crippen MR) is 79.7 cm³/mol. The zero-order chi connectivity index (χ0) is 14.3. The van der Waals surface area contributed by atoms with Crippen molar-refractivity contribution in [2.24, 2.45) is 5.92 Å². The van der Waals surface area contributed by atoms with Gasteiger partial charge in [-0.15, -0.1) is 0 Å². The van der Waals surface area contributed by atoms with Crippen LogP contribution in [0.25, 0.3) is 5.57 Å². The lowest BCUT2D eigenvalue weighted by Crippen LogP contribution is -2.27. The Morgan fingerprint density at radius 3 is 2.75 bits per heavy atom. The first-order valence-electron chi connectivity index (χ1n) is 6.38. The number of alkyl halides is 1. The molecule has 0 spiro atoms. The SMILES string of the molecule is CC(=O)OCC1(Br)C=CC2C(=O)c3ccccc3C2=C1. The number of benzene rings is 1. The van der Waals surface area contributed by atoms with E-state index in [1.54, 1.807) is 0 Å². The van der Waals surface area contributed by atoms with Crippen LogP contribution in [0.4, 0.5) is 0 Å². The van der Waals surface area contributed by atoms with Crippen LogP contribution in [-0.2, 0) is 9.53 Å². The van der Waals surface area contributed by atoms with Gasteiger partial charge in [0.15, 0.2) is 5.78 Å². The van der Waals surface area contributed by atoms with Gasteiger partial charge in [0, 0.05) is 12.5 Å². The van der Waals surface area contributed by atoms with E-state index in [9.17, 15) is 9.59 Å². The van der Waals surface area contributed by atoms with Crippen LogP contribution in [-0.4, -0.2) is 22.7 Å². The van der Waals surface area contributed by atoms with Gasteiger partial charge in [-0.2, -0.15) is 0 Å². The average molecular weight is 333 g/mol. The number of Topliss-reactive ketones (excluding diaryl/α,β-unsaturated/α-hetero) is 1. The van der Waals surface area contributed by atoms with E-state index in [2.05, 4.69) is 15.9 Å². The second-order valence-corrected chi connectivity index (χ2v) is 6.53. The van der Waals surface area contributed by atoms with Crippen molar-refractivity contribution in [3.8, 4) is 0 Å². The van der Waals surface area contributed by atoms with Gasteiger partial charge in [0.25, 0.3) is 0 Å². The molecule has 2 aliphatic rings. The van der Waals surface area contributed by atoms with Crippen molar-refractivity contribution in [3.05, 3.63) is 53.6 Å². The van der Waals surface area contributed by atoms with Crippen molar-refractivity contribution < 1.29 is 14.3 Å². The van der Waals surface area contributed by atoms with E-state index in [1.807, 2.05) is 42.5 Å². The van der Waals surface area contributed by atoms with Gasteiger partial charge in [0.05, 0.1) is 10.2 Å². The highest BCUT2D eigenvalue weighted by molar-refractivity contribution is 9.10. The number of ketones is 1. The van der Waals surface area contributed by atoms with Gasteiger partial charge < -0.3 is 4.74 Å². The molecule has 0 heterocycles. The van der Waals surface area contributed by atoms with Crippen LogP contribution >= 0.6 is 15.9 Å². The lowest BCUT2D eigenvalue weighted by molar-refractivity contribution is -0.141. The summed E-state index contributed by atoms with van der Waals surface area (Å²) in [7, 11) is 0. The molecule has 4 heteroatoms. The number of carbonyl (C=O) groups excluding carboxylic acids is 2. The van der Waals surface area contributed by atoms with E-state index in [0.29, 0.717) is 0 Å². The Morgan fingerprint density at radius 2 is 2.05 bits per heavy atom. The summed E-state index contributed by atoms with van der Waals surface area (Å²) in [6.45, 7) is 1.60. The van der Waals surface area contributed by atoms with Crippen LogP contribution in [0, 0.1) is 5.92 Å². The van der Waals surface area contributed by atoms with E-state index in [0.717, 1.165) is 16.7 Å². The lowest BCUT2D eigenvalue weighted by atomic mass is 9.88. The van der Waals surface area contributed by atoms with Gasteiger partial charge in [-0.05, 0) is 11.1 Å². The quantitative estimate of drug-likeness (QED) is 0.474. The molecule has 0 aromatic heterocycles. The number of esters is 1. The number of allylic oxidation sites excluding steroid dienone is 2.